The fourth-order valence-corrected chi connectivity index (χ4v) is 1.63. The van der Waals surface area contributed by atoms with Crippen molar-refractivity contribution in [2.75, 3.05) is 7.05 Å². The molecule has 1 N–H and O–H groups in total. The fourth-order valence-electron chi connectivity index (χ4n) is 1.63. The third-order valence-electron chi connectivity index (χ3n) is 2.94. The maximum Gasteiger partial charge on any atom is 0.429 e. The van der Waals surface area contributed by atoms with Crippen LogP contribution in [0.2, 0.25) is 0 Å². The Hall–Kier alpha value is -3.02. The first-order chi connectivity index (χ1) is 10.5. The summed E-state index contributed by atoms with van der Waals surface area (Å²) in [5.74, 6) is 0. The molecule has 0 aliphatic rings. The van der Waals surface area contributed by atoms with Crippen molar-refractivity contribution in [2.45, 2.75) is 0 Å². The predicted octanol–water partition coefficient (Wildman–Crippen LogP) is 3.29. The highest BCUT2D eigenvalue weighted by Crippen LogP contribution is 2.15. The molecule has 1 aromatic heterocycles. The van der Waals surface area contributed by atoms with Gasteiger partial charge >= 0.3 is 6.09 Å². The van der Waals surface area contributed by atoms with Crippen LogP contribution < -0.4 is 4.57 Å². The number of carboxylic acid groups (broad SMARTS) is 1. The average Bonchev–Trinajstić information content (AvgIpc) is 2.53. The summed E-state index contributed by atoms with van der Waals surface area (Å²) >= 11 is 0. The van der Waals surface area contributed by atoms with Gasteiger partial charge in [0, 0.05) is 19.2 Å². The minimum Gasteiger partial charge on any atom is -0.464 e. The van der Waals surface area contributed by atoms with Gasteiger partial charge in [-0.15, -0.1) is 5.11 Å². The zero-order valence-electron chi connectivity index (χ0n) is 12.4. The fraction of sp³-hybridized carbons (Fsp3) is 0.125. The number of benzene rings is 1. The molecule has 1 heterocycles. The van der Waals surface area contributed by atoms with Crippen LogP contribution in [0.1, 0.15) is 11.1 Å². The van der Waals surface area contributed by atoms with Gasteiger partial charge in [-0.25, -0.2) is 9.36 Å². The summed E-state index contributed by atoms with van der Waals surface area (Å²) in [4.78, 5) is 10.6. The second-order valence-electron chi connectivity index (χ2n) is 4.72. The second-order valence-corrected chi connectivity index (χ2v) is 4.72. The zero-order valence-corrected chi connectivity index (χ0v) is 12.4. The van der Waals surface area contributed by atoms with Crippen molar-refractivity contribution in [3.63, 3.8) is 0 Å². The van der Waals surface area contributed by atoms with Crippen molar-refractivity contribution in [1.29, 1.82) is 0 Å². The molecule has 0 atom stereocenters. The van der Waals surface area contributed by atoms with Gasteiger partial charge in [0.1, 0.15) is 7.05 Å². The van der Waals surface area contributed by atoms with Gasteiger partial charge in [-0.1, -0.05) is 29.5 Å². The summed E-state index contributed by atoms with van der Waals surface area (Å²) in [7, 11) is 3.30. The number of rotatable bonds is 4. The molecule has 112 valence electrons. The van der Waals surface area contributed by atoms with Crippen LogP contribution in [0.4, 0.5) is 10.5 Å². The van der Waals surface area contributed by atoms with Gasteiger partial charge in [0.15, 0.2) is 12.4 Å². The van der Waals surface area contributed by atoms with E-state index in [0.29, 0.717) is 5.69 Å². The van der Waals surface area contributed by atoms with E-state index < -0.39 is 6.09 Å². The number of aromatic nitrogens is 1. The lowest BCUT2D eigenvalue weighted by atomic mass is 10.1. The van der Waals surface area contributed by atoms with Crippen molar-refractivity contribution >= 4 is 23.9 Å². The molecule has 0 spiro atoms. The highest BCUT2D eigenvalue weighted by Gasteiger charge is 2.01. The number of hydrogen-bond acceptors (Lipinski definition) is 3. The van der Waals surface area contributed by atoms with Gasteiger partial charge in [0.25, 0.3) is 0 Å². The van der Waals surface area contributed by atoms with E-state index >= 15 is 0 Å². The lowest BCUT2D eigenvalue weighted by Gasteiger charge is -2.02. The third-order valence-corrected chi connectivity index (χ3v) is 2.94. The van der Waals surface area contributed by atoms with Crippen LogP contribution in [0.15, 0.2) is 59.1 Å². The number of amides is 1. The summed E-state index contributed by atoms with van der Waals surface area (Å²) in [6, 6.07) is 11.4. The van der Waals surface area contributed by atoms with E-state index in [-0.39, 0.29) is 0 Å². The summed E-state index contributed by atoms with van der Waals surface area (Å²) in [5.41, 5.74) is 2.74. The van der Waals surface area contributed by atoms with Crippen LogP contribution in [0.25, 0.3) is 12.2 Å². The largest absolute Gasteiger partial charge is 0.464 e. The van der Waals surface area contributed by atoms with Gasteiger partial charge in [-0.3, -0.25) is 0 Å². The SMILES string of the molecule is CN(N=Nc1ccc(/C=C/c2cc[n+](C)cc2)cc1)C(=O)O. The number of aryl methyl sites for hydroxylation is 1. The Bertz CT molecular complexity index is 691. The molecular formula is C16H17N4O2+. The molecule has 6 heteroatoms. The third kappa shape index (κ3) is 4.52. The highest BCUT2D eigenvalue weighted by molar-refractivity contribution is 5.69. The minimum atomic E-state index is -1.15. The number of pyridine rings is 1. The summed E-state index contributed by atoms with van der Waals surface area (Å²) in [6.07, 6.45) is 6.85. The van der Waals surface area contributed by atoms with E-state index in [4.69, 9.17) is 5.11 Å². The standard InChI is InChI=1S/C16H16N4O2/c1-19-11-9-14(10-12-19)4-3-13-5-7-15(8-6-13)17-18-20(2)16(21)22/h3-12H,1-2H3/p+1. The Morgan fingerprint density at radius 2 is 1.64 bits per heavy atom. The van der Waals surface area contributed by atoms with Gasteiger partial charge in [-0.05, 0) is 23.3 Å². The molecule has 22 heavy (non-hydrogen) atoms. The molecule has 1 aromatic carbocycles. The summed E-state index contributed by atoms with van der Waals surface area (Å²) < 4.78 is 1.98. The van der Waals surface area contributed by atoms with Crippen LogP contribution in [-0.2, 0) is 7.05 Å². The molecule has 0 saturated heterocycles. The van der Waals surface area contributed by atoms with E-state index in [9.17, 15) is 4.79 Å². The van der Waals surface area contributed by atoms with Crippen molar-refractivity contribution < 1.29 is 14.5 Å². The maximum atomic E-state index is 10.6. The molecule has 0 bridgehead atoms. The molecule has 0 fully saturated rings. The summed E-state index contributed by atoms with van der Waals surface area (Å²) in [6.45, 7) is 0. The molecule has 0 aliphatic carbocycles. The highest BCUT2D eigenvalue weighted by atomic mass is 16.4. The first-order valence-electron chi connectivity index (χ1n) is 6.66. The van der Waals surface area contributed by atoms with Crippen molar-refractivity contribution in [1.82, 2.24) is 5.01 Å². The molecule has 2 rings (SSSR count). The van der Waals surface area contributed by atoms with E-state index in [1.807, 2.05) is 60.4 Å². The lowest BCUT2D eigenvalue weighted by molar-refractivity contribution is -0.671. The van der Waals surface area contributed by atoms with E-state index in [2.05, 4.69) is 10.3 Å². The smallest absolute Gasteiger partial charge is 0.429 e. The van der Waals surface area contributed by atoms with E-state index in [0.717, 1.165) is 16.1 Å². The Labute approximate surface area is 128 Å². The topological polar surface area (TPSA) is 69.1 Å². The first kappa shape index (κ1) is 15.4. The van der Waals surface area contributed by atoms with Crippen LogP contribution in [0.3, 0.4) is 0 Å². The molecule has 0 aliphatic heterocycles. The van der Waals surface area contributed by atoms with Gasteiger partial charge in [0.2, 0.25) is 0 Å². The van der Waals surface area contributed by atoms with Crippen LogP contribution in [-0.4, -0.2) is 23.3 Å². The number of nitrogens with zero attached hydrogens (tertiary/aromatic N) is 4. The second kappa shape index (κ2) is 7.12. The molecule has 0 saturated carbocycles. The average molecular weight is 297 g/mol. The van der Waals surface area contributed by atoms with E-state index in [1.54, 1.807) is 12.1 Å². The van der Waals surface area contributed by atoms with Crippen LogP contribution >= 0.6 is 0 Å². The van der Waals surface area contributed by atoms with Gasteiger partial charge in [-0.2, -0.15) is 5.01 Å². The Kier molecular flexibility index (Phi) is 4.98. The van der Waals surface area contributed by atoms with Gasteiger partial charge < -0.3 is 5.11 Å². The van der Waals surface area contributed by atoms with Crippen molar-refractivity contribution in [3.8, 4) is 0 Å². The molecule has 2 aromatic rings. The monoisotopic (exact) mass is 297 g/mol. The van der Waals surface area contributed by atoms with Crippen molar-refractivity contribution in [3.05, 3.63) is 59.9 Å². The summed E-state index contributed by atoms with van der Waals surface area (Å²) in [5, 5.41) is 16.8. The predicted molar refractivity (Wildman–Crippen MR) is 83.3 cm³/mol. The minimum absolute atomic E-state index is 0.594. The number of carbonyl (C=O) groups is 1. The maximum absolute atomic E-state index is 10.6. The molecular weight excluding hydrogens is 280 g/mol. The Morgan fingerprint density at radius 3 is 2.18 bits per heavy atom. The molecule has 0 unspecified atom stereocenters. The first-order valence-corrected chi connectivity index (χ1v) is 6.66. The van der Waals surface area contributed by atoms with Crippen LogP contribution in [0, 0.1) is 0 Å². The quantitative estimate of drug-likeness (QED) is 0.534. The lowest BCUT2D eigenvalue weighted by Crippen LogP contribution is -2.25. The number of hydrogen-bond donors (Lipinski definition) is 1. The molecule has 0 radical (unpaired) electrons. The Balaban J connectivity index is 2.02. The van der Waals surface area contributed by atoms with Gasteiger partial charge in [0.05, 0.1) is 5.69 Å². The van der Waals surface area contributed by atoms with Crippen molar-refractivity contribution in [2.24, 2.45) is 17.4 Å². The molecule has 6 nitrogen and oxygen atoms in total. The zero-order chi connectivity index (χ0) is 15.9. The van der Waals surface area contributed by atoms with E-state index in [1.165, 1.54) is 7.05 Å². The Morgan fingerprint density at radius 1 is 1.09 bits per heavy atom. The van der Waals surface area contributed by atoms with Crippen LogP contribution in [0.5, 0.6) is 0 Å². The molecule has 1 amide bonds. The normalized spacial score (nSPS) is 11.2.